The van der Waals surface area contributed by atoms with Gasteiger partial charge in [0, 0.05) is 33.5 Å². The lowest BCUT2D eigenvalue weighted by molar-refractivity contribution is 0.194. The van der Waals surface area contributed by atoms with E-state index >= 15 is 0 Å². The van der Waals surface area contributed by atoms with Crippen molar-refractivity contribution in [2.45, 2.75) is 6.42 Å². The number of aromatic nitrogens is 2. The first-order valence-corrected chi connectivity index (χ1v) is 4.75. The number of nitrogens with one attached hydrogen (secondary N) is 2. The number of ether oxygens (including phenoxy) is 1. The molecule has 0 fully saturated rings. The average molecular weight is 212 g/mol. The number of amides is 2. The van der Waals surface area contributed by atoms with Crippen molar-refractivity contribution in [1.29, 1.82) is 0 Å². The Hall–Kier alpha value is -1.56. The average Bonchev–Trinajstić information content (AvgIpc) is 2.59. The normalized spacial score (nSPS) is 10.0. The highest BCUT2D eigenvalue weighted by atomic mass is 16.5. The summed E-state index contributed by atoms with van der Waals surface area (Å²) in [5.41, 5.74) is 0.682. The van der Waals surface area contributed by atoms with Crippen molar-refractivity contribution < 1.29 is 9.53 Å². The molecule has 2 N–H and O–H groups in total. The number of carbonyl (C=O) groups is 1. The summed E-state index contributed by atoms with van der Waals surface area (Å²) >= 11 is 0. The smallest absolute Gasteiger partial charge is 0.319 e. The van der Waals surface area contributed by atoms with Crippen LogP contribution in [0.5, 0.6) is 0 Å². The third kappa shape index (κ3) is 4.46. The zero-order valence-electron chi connectivity index (χ0n) is 8.99. The van der Waals surface area contributed by atoms with Gasteiger partial charge in [-0.15, -0.1) is 0 Å². The lowest BCUT2D eigenvalue weighted by atomic mass is 10.4. The lowest BCUT2D eigenvalue weighted by Gasteiger charge is -2.04. The summed E-state index contributed by atoms with van der Waals surface area (Å²) in [6.07, 6.45) is 4.13. The van der Waals surface area contributed by atoms with Gasteiger partial charge in [0.05, 0.1) is 11.9 Å². The molecule has 0 saturated heterocycles. The number of nitrogens with zero attached hydrogens (tertiary/aromatic N) is 2. The van der Waals surface area contributed by atoms with Gasteiger partial charge in [-0.2, -0.15) is 5.10 Å². The number of anilines is 1. The second-order valence-electron chi connectivity index (χ2n) is 3.13. The molecule has 0 atom stereocenters. The Balaban J connectivity index is 2.18. The summed E-state index contributed by atoms with van der Waals surface area (Å²) in [6, 6.07) is -0.223. The van der Waals surface area contributed by atoms with Gasteiger partial charge in [0.15, 0.2) is 0 Å². The molecular formula is C9H16N4O2. The number of hydrogen-bond donors (Lipinski definition) is 2. The number of carbonyl (C=O) groups excluding carboxylic acids is 1. The molecule has 0 bridgehead atoms. The Morgan fingerprint density at radius 1 is 1.67 bits per heavy atom. The van der Waals surface area contributed by atoms with Crippen LogP contribution >= 0.6 is 0 Å². The van der Waals surface area contributed by atoms with Gasteiger partial charge in [-0.05, 0) is 6.42 Å². The Bertz CT molecular complexity index is 311. The van der Waals surface area contributed by atoms with Gasteiger partial charge in [-0.1, -0.05) is 0 Å². The Morgan fingerprint density at radius 2 is 2.47 bits per heavy atom. The molecule has 15 heavy (non-hydrogen) atoms. The first-order chi connectivity index (χ1) is 7.22. The minimum Gasteiger partial charge on any atom is -0.385 e. The van der Waals surface area contributed by atoms with Crippen molar-refractivity contribution in [2.75, 3.05) is 25.6 Å². The molecule has 2 amide bonds. The minimum atomic E-state index is -0.223. The monoisotopic (exact) mass is 212 g/mol. The van der Waals surface area contributed by atoms with Gasteiger partial charge in [-0.3, -0.25) is 4.68 Å². The van der Waals surface area contributed by atoms with Crippen molar-refractivity contribution in [3.05, 3.63) is 12.4 Å². The van der Waals surface area contributed by atoms with Crippen LogP contribution in [-0.4, -0.2) is 36.1 Å². The predicted octanol–water partition coefficient (Wildman–Crippen LogP) is 0.578. The molecule has 0 spiro atoms. The van der Waals surface area contributed by atoms with E-state index in [1.807, 2.05) is 0 Å². The highest BCUT2D eigenvalue weighted by Crippen LogP contribution is 2.02. The fourth-order valence-corrected chi connectivity index (χ4v) is 1.08. The molecule has 6 nitrogen and oxygen atoms in total. The first kappa shape index (κ1) is 11.5. The van der Waals surface area contributed by atoms with E-state index in [-0.39, 0.29) is 6.03 Å². The third-order valence-corrected chi connectivity index (χ3v) is 1.77. The molecule has 0 aliphatic carbocycles. The third-order valence-electron chi connectivity index (χ3n) is 1.77. The van der Waals surface area contributed by atoms with E-state index in [1.165, 1.54) is 0 Å². The molecule has 0 radical (unpaired) electrons. The molecule has 1 heterocycles. The molecule has 84 valence electrons. The number of urea groups is 1. The molecule has 0 saturated carbocycles. The maximum absolute atomic E-state index is 11.3. The van der Waals surface area contributed by atoms with Crippen LogP contribution in [0.2, 0.25) is 0 Å². The van der Waals surface area contributed by atoms with Crippen LogP contribution in [-0.2, 0) is 11.8 Å². The Kier molecular flexibility index (Phi) is 4.62. The highest BCUT2D eigenvalue weighted by molar-refractivity contribution is 5.88. The molecule has 0 aromatic carbocycles. The maximum atomic E-state index is 11.3. The van der Waals surface area contributed by atoms with Gasteiger partial charge in [0.1, 0.15) is 0 Å². The topological polar surface area (TPSA) is 68.2 Å². The summed E-state index contributed by atoms with van der Waals surface area (Å²) in [7, 11) is 3.43. The van der Waals surface area contributed by atoms with Gasteiger partial charge in [0.25, 0.3) is 0 Å². The zero-order valence-corrected chi connectivity index (χ0v) is 8.99. The molecule has 1 rings (SSSR count). The minimum absolute atomic E-state index is 0.223. The summed E-state index contributed by atoms with van der Waals surface area (Å²) in [6.45, 7) is 1.24. The van der Waals surface area contributed by atoms with Crippen LogP contribution in [0.15, 0.2) is 12.4 Å². The summed E-state index contributed by atoms with van der Waals surface area (Å²) in [4.78, 5) is 11.3. The fraction of sp³-hybridized carbons (Fsp3) is 0.556. The largest absolute Gasteiger partial charge is 0.385 e. The number of methoxy groups -OCH3 is 1. The second kappa shape index (κ2) is 6.02. The van der Waals surface area contributed by atoms with Crippen LogP contribution in [0.1, 0.15) is 6.42 Å². The van der Waals surface area contributed by atoms with E-state index < -0.39 is 0 Å². The quantitative estimate of drug-likeness (QED) is 0.701. The van der Waals surface area contributed by atoms with Crippen molar-refractivity contribution in [1.82, 2.24) is 15.1 Å². The van der Waals surface area contributed by atoms with Gasteiger partial charge in [0.2, 0.25) is 0 Å². The second-order valence-corrected chi connectivity index (χ2v) is 3.13. The van der Waals surface area contributed by atoms with Crippen molar-refractivity contribution in [2.24, 2.45) is 7.05 Å². The zero-order chi connectivity index (χ0) is 11.1. The van der Waals surface area contributed by atoms with E-state index in [1.54, 1.807) is 31.2 Å². The van der Waals surface area contributed by atoms with Crippen LogP contribution in [0.3, 0.4) is 0 Å². The molecular weight excluding hydrogens is 196 g/mol. The van der Waals surface area contributed by atoms with Crippen LogP contribution in [0, 0.1) is 0 Å². The van der Waals surface area contributed by atoms with Crippen LogP contribution < -0.4 is 10.6 Å². The van der Waals surface area contributed by atoms with Crippen molar-refractivity contribution >= 4 is 11.7 Å². The molecule has 0 unspecified atom stereocenters. The molecule has 1 aromatic heterocycles. The van der Waals surface area contributed by atoms with E-state index in [4.69, 9.17) is 4.74 Å². The van der Waals surface area contributed by atoms with Crippen molar-refractivity contribution in [3.63, 3.8) is 0 Å². The Labute approximate surface area is 88.6 Å². The fourth-order valence-electron chi connectivity index (χ4n) is 1.08. The van der Waals surface area contributed by atoms with Gasteiger partial charge >= 0.3 is 6.03 Å². The lowest BCUT2D eigenvalue weighted by Crippen LogP contribution is -2.29. The summed E-state index contributed by atoms with van der Waals surface area (Å²) in [5, 5.41) is 9.31. The van der Waals surface area contributed by atoms with Crippen LogP contribution in [0.4, 0.5) is 10.5 Å². The molecule has 6 heteroatoms. The van der Waals surface area contributed by atoms with E-state index in [0.717, 1.165) is 6.42 Å². The number of hydrogen-bond acceptors (Lipinski definition) is 3. The highest BCUT2D eigenvalue weighted by Gasteiger charge is 2.01. The first-order valence-electron chi connectivity index (χ1n) is 4.75. The van der Waals surface area contributed by atoms with Gasteiger partial charge < -0.3 is 15.4 Å². The number of rotatable bonds is 5. The van der Waals surface area contributed by atoms with E-state index in [2.05, 4.69) is 15.7 Å². The molecule has 1 aromatic rings. The standard InChI is InChI=1S/C9H16N4O2/c1-13-7-8(6-11-13)12-9(14)10-4-3-5-15-2/h6-7H,3-5H2,1-2H3,(H2,10,12,14). The van der Waals surface area contributed by atoms with E-state index in [9.17, 15) is 4.79 Å². The number of aryl methyl sites for hydroxylation is 1. The predicted molar refractivity (Wildman–Crippen MR) is 56.7 cm³/mol. The SMILES string of the molecule is COCCCNC(=O)Nc1cnn(C)c1. The Morgan fingerprint density at radius 3 is 3.07 bits per heavy atom. The summed E-state index contributed by atoms with van der Waals surface area (Å²) in [5.74, 6) is 0. The van der Waals surface area contributed by atoms with Gasteiger partial charge in [-0.25, -0.2) is 4.79 Å². The molecule has 0 aliphatic heterocycles. The summed E-state index contributed by atoms with van der Waals surface area (Å²) < 4.78 is 6.49. The van der Waals surface area contributed by atoms with Crippen LogP contribution in [0.25, 0.3) is 0 Å². The van der Waals surface area contributed by atoms with Crippen molar-refractivity contribution in [3.8, 4) is 0 Å². The molecule has 0 aliphatic rings. The van der Waals surface area contributed by atoms with E-state index in [0.29, 0.717) is 18.8 Å². The maximum Gasteiger partial charge on any atom is 0.319 e.